The summed E-state index contributed by atoms with van der Waals surface area (Å²) < 4.78 is 6.83. The number of aryl methyl sites for hydroxylation is 3. The predicted octanol–water partition coefficient (Wildman–Crippen LogP) is 3.09. The fourth-order valence-electron chi connectivity index (χ4n) is 2.97. The highest BCUT2D eigenvalue weighted by molar-refractivity contribution is 5.92. The van der Waals surface area contributed by atoms with Crippen molar-refractivity contribution in [1.29, 1.82) is 0 Å². The van der Waals surface area contributed by atoms with E-state index >= 15 is 0 Å². The second-order valence-corrected chi connectivity index (χ2v) is 6.47. The molecule has 1 N–H and O–H groups in total. The highest BCUT2D eigenvalue weighted by Gasteiger charge is 2.17. The van der Waals surface area contributed by atoms with Crippen LogP contribution in [-0.2, 0) is 11.2 Å². The molecule has 0 aliphatic rings. The largest absolute Gasteiger partial charge is 0.497 e. The second-order valence-electron chi connectivity index (χ2n) is 6.47. The average Bonchev–Trinajstić information content (AvgIpc) is 2.90. The minimum absolute atomic E-state index is 0.104. The topological polar surface area (TPSA) is 81.9 Å². The summed E-state index contributed by atoms with van der Waals surface area (Å²) in [6, 6.07) is 9.15. The molecule has 0 aliphatic carbocycles. The molecule has 7 heteroatoms. The molecular weight excluding hydrogens is 342 g/mol. The molecule has 0 atom stereocenters. The van der Waals surface area contributed by atoms with Crippen molar-refractivity contribution in [3.05, 3.63) is 58.7 Å². The lowest BCUT2D eigenvalue weighted by atomic mass is 10.1. The molecule has 0 saturated carbocycles. The van der Waals surface area contributed by atoms with Crippen LogP contribution in [-0.4, -0.2) is 32.8 Å². The number of rotatable bonds is 5. The van der Waals surface area contributed by atoms with Crippen LogP contribution in [0.2, 0.25) is 0 Å². The summed E-state index contributed by atoms with van der Waals surface area (Å²) in [7, 11) is 1.61. The monoisotopic (exact) mass is 365 g/mol. The Morgan fingerprint density at radius 3 is 2.30 bits per heavy atom. The quantitative estimate of drug-likeness (QED) is 0.751. The molecule has 0 bridgehead atoms. The van der Waals surface area contributed by atoms with Crippen LogP contribution < -0.4 is 10.1 Å². The molecule has 140 valence electrons. The molecule has 0 radical (unpaired) electrons. The van der Waals surface area contributed by atoms with Crippen LogP contribution in [0.1, 0.15) is 28.3 Å². The van der Waals surface area contributed by atoms with Crippen molar-refractivity contribution in [1.82, 2.24) is 19.7 Å². The highest BCUT2D eigenvalue weighted by atomic mass is 16.5. The van der Waals surface area contributed by atoms with Crippen LogP contribution in [0.4, 0.5) is 5.69 Å². The Hall–Kier alpha value is -3.22. The van der Waals surface area contributed by atoms with Crippen molar-refractivity contribution in [2.24, 2.45) is 0 Å². The van der Waals surface area contributed by atoms with E-state index in [1.165, 1.54) is 0 Å². The van der Waals surface area contributed by atoms with Gasteiger partial charge in [0, 0.05) is 28.3 Å². The number of amides is 1. The van der Waals surface area contributed by atoms with Crippen LogP contribution in [0, 0.1) is 27.7 Å². The number of ether oxygens (including phenoxy) is 1. The number of hydrogen-bond acceptors (Lipinski definition) is 5. The molecule has 0 unspecified atom stereocenters. The molecule has 7 nitrogen and oxygen atoms in total. The molecule has 2 heterocycles. The minimum atomic E-state index is -0.104. The zero-order chi connectivity index (χ0) is 19.6. The first-order valence-corrected chi connectivity index (χ1v) is 8.69. The Kier molecular flexibility index (Phi) is 5.21. The fourth-order valence-corrected chi connectivity index (χ4v) is 2.97. The molecule has 2 aromatic heterocycles. The number of hydrogen-bond donors (Lipinski definition) is 1. The molecule has 0 spiro atoms. The van der Waals surface area contributed by atoms with Gasteiger partial charge < -0.3 is 10.1 Å². The number of carbonyl (C=O) groups excluding carboxylic acids is 1. The van der Waals surface area contributed by atoms with E-state index in [-0.39, 0.29) is 12.3 Å². The standard InChI is InChI=1S/C20H23N5O2/c1-12-10-13(2)22-20(21-12)25-15(4)18(14(3)24-25)11-19(26)23-16-6-8-17(27-5)9-7-16/h6-10H,11H2,1-5H3,(H,23,26). The van der Waals surface area contributed by atoms with Crippen molar-refractivity contribution < 1.29 is 9.53 Å². The van der Waals surface area contributed by atoms with E-state index in [4.69, 9.17) is 4.74 Å². The third kappa shape index (κ3) is 4.13. The Morgan fingerprint density at radius 2 is 1.70 bits per heavy atom. The maximum Gasteiger partial charge on any atom is 0.251 e. The van der Waals surface area contributed by atoms with Gasteiger partial charge in [0.2, 0.25) is 5.91 Å². The molecule has 27 heavy (non-hydrogen) atoms. The van der Waals surface area contributed by atoms with Gasteiger partial charge in [0.1, 0.15) is 5.75 Å². The zero-order valence-electron chi connectivity index (χ0n) is 16.2. The molecule has 1 amide bonds. The maximum atomic E-state index is 12.5. The SMILES string of the molecule is COc1ccc(NC(=O)Cc2c(C)nn(-c3nc(C)cc(C)n3)c2C)cc1. The van der Waals surface area contributed by atoms with E-state index in [9.17, 15) is 4.79 Å². The van der Waals surface area contributed by atoms with Crippen LogP contribution in [0.15, 0.2) is 30.3 Å². The summed E-state index contributed by atoms with van der Waals surface area (Å²) in [5, 5.41) is 7.44. The van der Waals surface area contributed by atoms with Gasteiger partial charge in [-0.05, 0) is 58.0 Å². The molecular formula is C20H23N5O2. The number of methoxy groups -OCH3 is 1. The lowest BCUT2D eigenvalue weighted by Crippen LogP contribution is -2.15. The lowest BCUT2D eigenvalue weighted by Gasteiger charge is -2.07. The summed E-state index contributed by atoms with van der Waals surface area (Å²) >= 11 is 0. The Balaban J connectivity index is 1.80. The van der Waals surface area contributed by atoms with E-state index in [1.807, 2.05) is 58.0 Å². The van der Waals surface area contributed by atoms with E-state index in [0.29, 0.717) is 5.95 Å². The average molecular weight is 365 g/mol. The van der Waals surface area contributed by atoms with Crippen LogP contribution in [0.3, 0.4) is 0 Å². The van der Waals surface area contributed by atoms with Crippen LogP contribution in [0.25, 0.3) is 5.95 Å². The third-order valence-corrected chi connectivity index (χ3v) is 4.31. The fraction of sp³-hybridized carbons (Fsp3) is 0.300. The first kappa shape index (κ1) is 18.6. The lowest BCUT2D eigenvalue weighted by molar-refractivity contribution is -0.115. The molecule has 1 aromatic carbocycles. The number of anilines is 1. The van der Waals surface area contributed by atoms with E-state index < -0.39 is 0 Å². The summed E-state index contributed by atoms with van der Waals surface area (Å²) in [5.41, 5.74) is 5.01. The summed E-state index contributed by atoms with van der Waals surface area (Å²) in [4.78, 5) is 21.4. The summed E-state index contributed by atoms with van der Waals surface area (Å²) in [6.45, 7) is 7.67. The van der Waals surface area contributed by atoms with E-state index in [0.717, 1.165) is 39.8 Å². The Bertz CT molecular complexity index is 957. The van der Waals surface area contributed by atoms with Crippen LogP contribution in [0.5, 0.6) is 5.75 Å². The maximum absolute atomic E-state index is 12.5. The Morgan fingerprint density at radius 1 is 1.07 bits per heavy atom. The molecule has 3 rings (SSSR count). The normalized spacial score (nSPS) is 10.7. The van der Waals surface area contributed by atoms with Gasteiger partial charge in [-0.2, -0.15) is 5.10 Å². The van der Waals surface area contributed by atoms with Gasteiger partial charge in [-0.15, -0.1) is 0 Å². The number of aromatic nitrogens is 4. The summed E-state index contributed by atoms with van der Waals surface area (Å²) in [5.74, 6) is 1.16. The van der Waals surface area contributed by atoms with Crippen molar-refractivity contribution in [2.45, 2.75) is 34.1 Å². The van der Waals surface area contributed by atoms with Gasteiger partial charge in [-0.25, -0.2) is 14.6 Å². The number of benzene rings is 1. The highest BCUT2D eigenvalue weighted by Crippen LogP contribution is 2.19. The molecule has 0 aliphatic heterocycles. The van der Waals surface area contributed by atoms with Crippen molar-refractivity contribution in [2.75, 3.05) is 12.4 Å². The molecule has 3 aromatic rings. The van der Waals surface area contributed by atoms with Crippen molar-refractivity contribution in [3.8, 4) is 11.7 Å². The van der Waals surface area contributed by atoms with Gasteiger partial charge in [-0.1, -0.05) is 0 Å². The summed E-state index contributed by atoms with van der Waals surface area (Å²) in [6.07, 6.45) is 0.231. The predicted molar refractivity (Wildman–Crippen MR) is 103 cm³/mol. The molecule has 0 saturated heterocycles. The first-order valence-electron chi connectivity index (χ1n) is 8.69. The third-order valence-electron chi connectivity index (χ3n) is 4.31. The van der Waals surface area contributed by atoms with E-state index in [2.05, 4.69) is 20.4 Å². The number of nitrogens with one attached hydrogen (secondary N) is 1. The first-order chi connectivity index (χ1) is 12.9. The zero-order valence-corrected chi connectivity index (χ0v) is 16.2. The van der Waals surface area contributed by atoms with Gasteiger partial charge in [0.05, 0.1) is 19.2 Å². The van der Waals surface area contributed by atoms with Crippen molar-refractivity contribution >= 4 is 11.6 Å². The van der Waals surface area contributed by atoms with Crippen molar-refractivity contribution in [3.63, 3.8) is 0 Å². The second kappa shape index (κ2) is 7.57. The van der Waals surface area contributed by atoms with Gasteiger partial charge in [0.15, 0.2) is 0 Å². The van der Waals surface area contributed by atoms with E-state index in [1.54, 1.807) is 11.8 Å². The smallest absolute Gasteiger partial charge is 0.251 e. The van der Waals surface area contributed by atoms with Gasteiger partial charge >= 0.3 is 0 Å². The Labute approximate surface area is 158 Å². The minimum Gasteiger partial charge on any atom is -0.497 e. The number of nitrogens with zero attached hydrogens (tertiary/aromatic N) is 4. The van der Waals surface area contributed by atoms with Gasteiger partial charge in [-0.3, -0.25) is 4.79 Å². The molecule has 0 fully saturated rings. The van der Waals surface area contributed by atoms with Gasteiger partial charge in [0.25, 0.3) is 5.95 Å². The number of carbonyl (C=O) groups is 1. The van der Waals surface area contributed by atoms with Crippen LogP contribution >= 0.6 is 0 Å².